The summed E-state index contributed by atoms with van der Waals surface area (Å²) < 4.78 is 1.02. The first kappa shape index (κ1) is 23.2. The average Bonchev–Trinajstić information content (AvgIpc) is 2.79. The third-order valence-corrected chi connectivity index (χ3v) is 9.65. The SMILES string of the molecule is O=C1NC(=O)N(c2ccc(C34CC5CC(CC(C5)C3)C4)cc2)C(=O)/C1=C/c1cc(Br)c(O)c(I)c1. The summed E-state index contributed by atoms with van der Waals surface area (Å²) in [6.45, 7) is 0. The number of barbiturate groups is 1. The van der Waals surface area contributed by atoms with Crippen LogP contribution in [0.1, 0.15) is 49.7 Å². The highest BCUT2D eigenvalue weighted by Gasteiger charge is 2.51. The summed E-state index contributed by atoms with van der Waals surface area (Å²) in [6.07, 6.45) is 9.28. The van der Waals surface area contributed by atoms with E-state index in [1.807, 2.05) is 34.7 Å². The lowest BCUT2D eigenvalue weighted by Crippen LogP contribution is -2.54. The highest BCUT2D eigenvalue weighted by Crippen LogP contribution is 2.60. The number of carbonyl (C=O) groups excluding carboxylic acids is 3. The van der Waals surface area contributed by atoms with Crippen LogP contribution < -0.4 is 10.2 Å². The van der Waals surface area contributed by atoms with Crippen molar-refractivity contribution in [1.82, 2.24) is 5.32 Å². The molecule has 1 heterocycles. The number of amides is 4. The van der Waals surface area contributed by atoms with E-state index >= 15 is 0 Å². The Labute approximate surface area is 225 Å². The maximum atomic E-state index is 13.3. The molecule has 2 N–H and O–H groups in total. The molecule has 35 heavy (non-hydrogen) atoms. The number of phenolic OH excluding ortho intramolecular Hbond substituents is 1. The normalized spacial score (nSPS) is 30.8. The van der Waals surface area contributed by atoms with Crippen LogP contribution in [-0.2, 0) is 15.0 Å². The third-order valence-electron chi connectivity index (χ3n) is 8.23. The summed E-state index contributed by atoms with van der Waals surface area (Å²) in [7, 11) is 0. The van der Waals surface area contributed by atoms with Crippen molar-refractivity contribution in [2.45, 2.75) is 43.9 Å². The summed E-state index contributed by atoms with van der Waals surface area (Å²) >= 11 is 5.25. The predicted octanol–water partition coefficient (Wildman–Crippen LogP) is 5.89. The van der Waals surface area contributed by atoms with Gasteiger partial charge in [0.15, 0.2) is 0 Å². The first-order valence-corrected chi connectivity index (χ1v) is 13.8. The van der Waals surface area contributed by atoms with Crippen LogP contribution in [0.2, 0.25) is 0 Å². The van der Waals surface area contributed by atoms with Crippen LogP contribution in [0.15, 0.2) is 46.4 Å². The Hall–Kier alpha value is -2.20. The van der Waals surface area contributed by atoms with Gasteiger partial charge in [0.05, 0.1) is 13.7 Å². The van der Waals surface area contributed by atoms with E-state index in [0.29, 0.717) is 19.3 Å². The molecule has 180 valence electrons. The number of nitrogens with one attached hydrogen (secondary N) is 1. The van der Waals surface area contributed by atoms with E-state index < -0.39 is 17.8 Å². The van der Waals surface area contributed by atoms with Gasteiger partial charge in [0, 0.05) is 0 Å². The number of rotatable bonds is 3. The number of hydrogen-bond acceptors (Lipinski definition) is 4. The Bertz CT molecular complexity index is 1240. The van der Waals surface area contributed by atoms with Crippen LogP contribution in [0.5, 0.6) is 5.75 Å². The highest BCUT2D eigenvalue weighted by atomic mass is 127. The molecule has 2 aromatic rings. The van der Waals surface area contributed by atoms with Gasteiger partial charge in [-0.2, -0.15) is 0 Å². The predicted molar refractivity (Wildman–Crippen MR) is 144 cm³/mol. The number of anilines is 1. The molecule has 5 aliphatic rings. The first-order chi connectivity index (χ1) is 16.7. The van der Waals surface area contributed by atoms with E-state index in [1.165, 1.54) is 50.2 Å². The Kier molecular flexibility index (Phi) is 5.60. The molecule has 0 aromatic heterocycles. The largest absolute Gasteiger partial charge is 0.506 e. The van der Waals surface area contributed by atoms with Gasteiger partial charge in [0.25, 0.3) is 11.8 Å². The van der Waals surface area contributed by atoms with Gasteiger partial charge in [-0.15, -0.1) is 0 Å². The Morgan fingerprint density at radius 1 is 1.00 bits per heavy atom. The molecule has 5 fully saturated rings. The van der Waals surface area contributed by atoms with E-state index in [-0.39, 0.29) is 16.7 Å². The molecule has 4 aliphatic carbocycles. The molecular formula is C27H24BrIN2O4. The molecule has 1 saturated heterocycles. The quantitative estimate of drug-likeness (QED) is 0.247. The number of aromatic hydroxyl groups is 1. The minimum absolute atomic E-state index is 0.0862. The summed E-state index contributed by atoms with van der Waals surface area (Å²) in [4.78, 5) is 39.5. The molecular weight excluding hydrogens is 623 g/mol. The van der Waals surface area contributed by atoms with Gasteiger partial charge >= 0.3 is 6.03 Å². The number of urea groups is 1. The fourth-order valence-electron chi connectivity index (χ4n) is 7.16. The van der Waals surface area contributed by atoms with E-state index in [9.17, 15) is 19.5 Å². The molecule has 0 atom stereocenters. The van der Waals surface area contributed by atoms with Crippen molar-refractivity contribution < 1.29 is 19.5 Å². The molecule has 1 aliphatic heterocycles. The van der Waals surface area contributed by atoms with Gasteiger partial charge in [0.1, 0.15) is 11.3 Å². The summed E-state index contributed by atoms with van der Waals surface area (Å²) in [6, 6.07) is 10.3. The molecule has 4 bridgehead atoms. The first-order valence-electron chi connectivity index (χ1n) is 11.9. The van der Waals surface area contributed by atoms with Crippen LogP contribution in [-0.4, -0.2) is 23.0 Å². The minimum atomic E-state index is -0.749. The molecule has 2 aromatic carbocycles. The lowest BCUT2D eigenvalue weighted by atomic mass is 9.48. The second-order valence-electron chi connectivity index (χ2n) is 10.5. The number of benzene rings is 2. The van der Waals surface area contributed by atoms with E-state index in [4.69, 9.17) is 0 Å². The van der Waals surface area contributed by atoms with Gasteiger partial charge in [-0.05, 0) is 142 Å². The Morgan fingerprint density at radius 3 is 2.17 bits per heavy atom. The van der Waals surface area contributed by atoms with Crippen molar-refractivity contribution in [3.8, 4) is 5.75 Å². The average molecular weight is 647 g/mol. The molecule has 0 spiro atoms. The number of halogens is 2. The van der Waals surface area contributed by atoms with Crippen LogP contribution in [0.4, 0.5) is 10.5 Å². The summed E-state index contributed by atoms with van der Waals surface area (Å²) in [5, 5.41) is 12.3. The van der Waals surface area contributed by atoms with Crippen molar-refractivity contribution in [1.29, 1.82) is 0 Å². The molecule has 4 amide bonds. The summed E-state index contributed by atoms with van der Waals surface area (Å²) in [5.41, 5.74) is 2.40. The topological polar surface area (TPSA) is 86.7 Å². The molecule has 6 nitrogen and oxygen atoms in total. The smallest absolute Gasteiger partial charge is 0.335 e. The lowest BCUT2D eigenvalue weighted by molar-refractivity contribution is -0.122. The second-order valence-corrected chi connectivity index (χ2v) is 12.6. The molecule has 4 saturated carbocycles. The zero-order valence-corrected chi connectivity index (χ0v) is 22.6. The highest BCUT2D eigenvalue weighted by molar-refractivity contribution is 14.1. The number of phenols is 1. The van der Waals surface area contributed by atoms with Crippen LogP contribution in [0, 0.1) is 21.3 Å². The van der Waals surface area contributed by atoms with E-state index in [1.54, 1.807) is 12.1 Å². The minimum Gasteiger partial charge on any atom is -0.506 e. The number of imide groups is 2. The van der Waals surface area contributed by atoms with Crippen molar-refractivity contribution in [3.05, 3.63) is 61.1 Å². The Balaban J connectivity index is 1.30. The van der Waals surface area contributed by atoms with Gasteiger partial charge in [-0.3, -0.25) is 14.9 Å². The molecule has 0 unspecified atom stereocenters. The van der Waals surface area contributed by atoms with Gasteiger partial charge in [-0.25, -0.2) is 9.69 Å². The fourth-order valence-corrected chi connectivity index (χ4v) is 8.65. The van der Waals surface area contributed by atoms with Crippen molar-refractivity contribution in [3.63, 3.8) is 0 Å². The molecule has 8 heteroatoms. The maximum Gasteiger partial charge on any atom is 0.335 e. The molecule has 0 radical (unpaired) electrons. The third kappa shape index (κ3) is 3.93. The van der Waals surface area contributed by atoms with Crippen molar-refractivity contribution >= 4 is 68.1 Å². The summed E-state index contributed by atoms with van der Waals surface area (Å²) in [5.74, 6) is 1.18. The van der Waals surface area contributed by atoms with E-state index in [0.717, 1.165) is 22.7 Å². The van der Waals surface area contributed by atoms with Gasteiger partial charge in [-0.1, -0.05) is 12.1 Å². The second kappa shape index (κ2) is 8.44. The zero-order valence-electron chi connectivity index (χ0n) is 18.9. The van der Waals surface area contributed by atoms with Crippen molar-refractivity contribution in [2.75, 3.05) is 4.90 Å². The maximum absolute atomic E-state index is 13.3. The monoisotopic (exact) mass is 646 g/mol. The van der Waals surface area contributed by atoms with Crippen LogP contribution in [0.25, 0.3) is 6.08 Å². The zero-order chi connectivity index (χ0) is 24.5. The van der Waals surface area contributed by atoms with E-state index in [2.05, 4.69) is 33.4 Å². The fraction of sp³-hybridized carbons (Fsp3) is 0.370. The van der Waals surface area contributed by atoms with Gasteiger partial charge < -0.3 is 5.11 Å². The number of nitrogens with zero attached hydrogens (tertiary/aromatic N) is 1. The van der Waals surface area contributed by atoms with Crippen LogP contribution in [0.3, 0.4) is 0 Å². The number of carbonyl (C=O) groups is 3. The Morgan fingerprint density at radius 2 is 1.60 bits per heavy atom. The van der Waals surface area contributed by atoms with Gasteiger partial charge in [0.2, 0.25) is 0 Å². The molecule has 7 rings (SSSR count). The van der Waals surface area contributed by atoms with Crippen LogP contribution >= 0.6 is 38.5 Å². The number of hydrogen-bond donors (Lipinski definition) is 2. The standard InChI is InChI=1S/C27H24BrIN2O4/c28-21-9-14(10-22(29)23(21)32)8-20-24(33)30-26(35)31(25(20)34)19-3-1-18(2-4-19)27-11-15-5-16(12-27)7-17(6-15)13-27/h1-4,8-10,15-17,32H,5-7,11-13H2,(H,30,33,35)/b20-8+. The lowest BCUT2D eigenvalue weighted by Gasteiger charge is -2.57. The van der Waals surface area contributed by atoms with Crippen molar-refractivity contribution in [2.24, 2.45) is 17.8 Å².